The standard InChI is InChI=1S/C18H21N5O5S/c1-10(2)12-7-13(15(25)8-14(12)24)17-20-21-18(26)23(17)29(27,28)11-5-6-16(19-9-11)22(3)4/h5-10,24-25H,1-4H3,(H,21,26). The summed E-state index contributed by atoms with van der Waals surface area (Å²) in [5.41, 5.74) is 0.474. The van der Waals surface area contributed by atoms with Gasteiger partial charge in [-0.3, -0.25) is 0 Å². The van der Waals surface area contributed by atoms with E-state index in [1.54, 1.807) is 19.0 Å². The zero-order chi connectivity index (χ0) is 21.5. The van der Waals surface area contributed by atoms with Gasteiger partial charge in [0, 0.05) is 26.4 Å². The first kappa shape index (κ1) is 20.4. The van der Waals surface area contributed by atoms with Gasteiger partial charge in [0.25, 0.3) is 10.0 Å². The molecular formula is C18H21N5O5S. The molecule has 11 heteroatoms. The van der Waals surface area contributed by atoms with E-state index in [1.807, 2.05) is 13.8 Å². The molecule has 0 unspecified atom stereocenters. The van der Waals surface area contributed by atoms with Crippen LogP contribution >= 0.6 is 0 Å². The highest BCUT2D eigenvalue weighted by atomic mass is 32.2. The zero-order valence-electron chi connectivity index (χ0n) is 16.3. The maximum Gasteiger partial charge on any atom is 0.329 e. The number of hydrogen-bond donors (Lipinski definition) is 3. The molecule has 0 saturated carbocycles. The maximum absolute atomic E-state index is 13.1. The summed E-state index contributed by atoms with van der Waals surface area (Å²) in [6.45, 7) is 3.65. The van der Waals surface area contributed by atoms with Crippen LogP contribution in [0.25, 0.3) is 11.4 Å². The minimum Gasteiger partial charge on any atom is -0.508 e. The van der Waals surface area contributed by atoms with Crippen LogP contribution in [-0.2, 0) is 10.0 Å². The van der Waals surface area contributed by atoms with Crippen molar-refractivity contribution >= 4 is 15.8 Å². The molecule has 0 aliphatic rings. The zero-order valence-corrected chi connectivity index (χ0v) is 17.1. The minimum absolute atomic E-state index is 0.000691. The molecule has 0 amide bonds. The molecule has 154 valence electrons. The van der Waals surface area contributed by atoms with E-state index in [2.05, 4.69) is 15.2 Å². The third kappa shape index (κ3) is 3.56. The molecular weight excluding hydrogens is 398 g/mol. The van der Waals surface area contributed by atoms with Gasteiger partial charge in [-0.25, -0.2) is 13.4 Å². The van der Waals surface area contributed by atoms with E-state index in [0.29, 0.717) is 15.4 Å². The Balaban J connectivity index is 2.19. The Morgan fingerprint density at radius 2 is 1.72 bits per heavy atom. The second-order valence-corrected chi connectivity index (χ2v) is 8.71. The number of anilines is 1. The number of benzene rings is 1. The van der Waals surface area contributed by atoms with Crippen molar-refractivity contribution in [3.63, 3.8) is 0 Å². The largest absolute Gasteiger partial charge is 0.508 e. The number of pyridine rings is 1. The van der Waals surface area contributed by atoms with E-state index >= 15 is 0 Å². The fraction of sp³-hybridized carbons (Fsp3) is 0.278. The van der Waals surface area contributed by atoms with E-state index in [4.69, 9.17) is 0 Å². The normalized spacial score (nSPS) is 11.8. The molecule has 3 aromatic rings. The number of nitrogens with zero attached hydrogens (tertiary/aromatic N) is 5. The number of phenolic OH excluding ortho intramolecular Hbond substituents is 2. The molecule has 0 saturated heterocycles. The van der Waals surface area contributed by atoms with Crippen molar-refractivity contribution in [2.75, 3.05) is 19.0 Å². The quantitative estimate of drug-likeness (QED) is 0.565. The molecule has 0 atom stereocenters. The Morgan fingerprint density at radius 3 is 2.28 bits per heavy atom. The number of aromatic nitrogens is 4. The van der Waals surface area contributed by atoms with Crippen LogP contribution in [0, 0.1) is 0 Å². The fourth-order valence-corrected chi connectivity index (χ4v) is 4.03. The van der Waals surface area contributed by atoms with E-state index < -0.39 is 21.8 Å². The number of hydrogen-bond acceptors (Lipinski definition) is 9. The Kier molecular flexibility index (Phi) is 5.09. The molecule has 10 nitrogen and oxygen atoms in total. The lowest BCUT2D eigenvalue weighted by Gasteiger charge is -2.14. The molecule has 0 bridgehead atoms. The summed E-state index contributed by atoms with van der Waals surface area (Å²) in [6, 6.07) is 4.51. The Labute approximate surface area is 167 Å². The predicted octanol–water partition coefficient (Wildman–Crippen LogP) is 1.88. The van der Waals surface area contributed by atoms with Gasteiger partial charge >= 0.3 is 6.01 Å². The van der Waals surface area contributed by atoms with Gasteiger partial charge in [-0.1, -0.05) is 18.9 Å². The second-order valence-electron chi connectivity index (χ2n) is 6.92. The van der Waals surface area contributed by atoms with Crippen molar-refractivity contribution in [2.45, 2.75) is 24.7 Å². The summed E-state index contributed by atoms with van der Waals surface area (Å²) < 4.78 is 26.8. The summed E-state index contributed by atoms with van der Waals surface area (Å²) in [5, 5.41) is 37.6. The first-order chi connectivity index (χ1) is 13.5. The molecule has 0 aliphatic heterocycles. The Bertz CT molecular complexity index is 1150. The van der Waals surface area contributed by atoms with E-state index in [9.17, 15) is 23.7 Å². The van der Waals surface area contributed by atoms with Crippen LogP contribution in [0.15, 0.2) is 35.4 Å². The summed E-state index contributed by atoms with van der Waals surface area (Å²) in [4.78, 5) is 5.60. The Morgan fingerprint density at radius 1 is 1.03 bits per heavy atom. The van der Waals surface area contributed by atoms with Gasteiger partial charge < -0.3 is 20.2 Å². The average Bonchev–Trinajstić information content (AvgIpc) is 3.03. The molecule has 3 rings (SSSR count). The lowest BCUT2D eigenvalue weighted by atomic mass is 9.98. The highest BCUT2D eigenvalue weighted by Gasteiger charge is 2.29. The molecule has 0 radical (unpaired) electrons. The van der Waals surface area contributed by atoms with Crippen molar-refractivity contribution in [1.82, 2.24) is 19.2 Å². The first-order valence-electron chi connectivity index (χ1n) is 8.63. The fourth-order valence-electron chi connectivity index (χ4n) is 2.78. The van der Waals surface area contributed by atoms with Crippen LogP contribution in [0.2, 0.25) is 0 Å². The monoisotopic (exact) mass is 419 g/mol. The minimum atomic E-state index is -4.32. The van der Waals surface area contributed by atoms with E-state index in [1.165, 1.54) is 18.2 Å². The summed E-state index contributed by atoms with van der Waals surface area (Å²) in [5.74, 6) is -0.396. The molecule has 2 aromatic heterocycles. The van der Waals surface area contributed by atoms with E-state index in [0.717, 1.165) is 12.3 Å². The van der Waals surface area contributed by atoms with Gasteiger partial charge in [0.15, 0.2) is 5.82 Å². The predicted molar refractivity (Wildman–Crippen MR) is 106 cm³/mol. The summed E-state index contributed by atoms with van der Waals surface area (Å²) >= 11 is 0. The average molecular weight is 419 g/mol. The smallest absolute Gasteiger partial charge is 0.329 e. The molecule has 29 heavy (non-hydrogen) atoms. The SMILES string of the molecule is CC(C)c1cc(-c2nnc(O)n2S(=O)(=O)c2ccc(N(C)C)nc2)c(O)cc1O. The first-order valence-corrected chi connectivity index (χ1v) is 10.1. The third-order valence-corrected chi connectivity index (χ3v) is 5.99. The van der Waals surface area contributed by atoms with Crippen molar-refractivity contribution in [3.05, 3.63) is 36.0 Å². The lowest BCUT2D eigenvalue weighted by molar-refractivity contribution is 0.423. The van der Waals surface area contributed by atoms with Gasteiger partial charge in [0.2, 0.25) is 0 Å². The van der Waals surface area contributed by atoms with E-state index in [-0.39, 0.29) is 28.0 Å². The molecule has 0 spiro atoms. The number of phenols is 2. The number of aromatic hydroxyl groups is 3. The van der Waals surface area contributed by atoms with Gasteiger partial charge in [-0.05, 0) is 29.7 Å². The summed E-state index contributed by atoms with van der Waals surface area (Å²) in [7, 11) is -0.792. The molecule has 3 N–H and O–H groups in total. The van der Waals surface area contributed by atoms with Crippen LogP contribution in [0.4, 0.5) is 5.82 Å². The van der Waals surface area contributed by atoms with Crippen molar-refractivity contribution in [3.8, 4) is 28.9 Å². The van der Waals surface area contributed by atoms with Crippen molar-refractivity contribution in [2.24, 2.45) is 0 Å². The summed E-state index contributed by atoms with van der Waals surface area (Å²) in [6.07, 6.45) is 1.16. The highest BCUT2D eigenvalue weighted by molar-refractivity contribution is 7.90. The molecule has 0 fully saturated rings. The second kappa shape index (κ2) is 7.24. The van der Waals surface area contributed by atoms with Crippen LogP contribution in [0.1, 0.15) is 25.3 Å². The van der Waals surface area contributed by atoms with Crippen molar-refractivity contribution in [1.29, 1.82) is 0 Å². The van der Waals surface area contributed by atoms with Crippen LogP contribution < -0.4 is 4.90 Å². The van der Waals surface area contributed by atoms with Gasteiger partial charge in [-0.15, -0.1) is 5.10 Å². The molecule has 2 heterocycles. The highest BCUT2D eigenvalue weighted by Crippen LogP contribution is 2.38. The molecule has 0 aliphatic carbocycles. The van der Waals surface area contributed by atoms with Gasteiger partial charge in [0.1, 0.15) is 22.2 Å². The van der Waals surface area contributed by atoms with Crippen LogP contribution in [-0.4, -0.2) is 57.0 Å². The third-order valence-electron chi connectivity index (χ3n) is 4.33. The van der Waals surface area contributed by atoms with Gasteiger partial charge in [-0.2, -0.15) is 3.97 Å². The Hall–Kier alpha value is -3.34. The van der Waals surface area contributed by atoms with Crippen molar-refractivity contribution < 1.29 is 23.7 Å². The van der Waals surface area contributed by atoms with Crippen LogP contribution in [0.3, 0.4) is 0 Å². The lowest BCUT2D eigenvalue weighted by Crippen LogP contribution is -2.16. The topological polar surface area (TPSA) is 142 Å². The molecule has 1 aromatic carbocycles. The maximum atomic E-state index is 13.1. The van der Waals surface area contributed by atoms with Crippen LogP contribution in [0.5, 0.6) is 17.5 Å². The number of rotatable bonds is 5. The van der Waals surface area contributed by atoms with Gasteiger partial charge in [0.05, 0.1) is 5.56 Å².